The highest BCUT2D eigenvalue weighted by Crippen LogP contribution is 2.35. The summed E-state index contributed by atoms with van der Waals surface area (Å²) in [7, 11) is -3.73. The van der Waals surface area contributed by atoms with Crippen LogP contribution >= 0.6 is 11.6 Å². The minimum Gasteiger partial charge on any atom is -0.381 e. The number of benzene rings is 2. The van der Waals surface area contributed by atoms with E-state index in [9.17, 15) is 13.2 Å². The van der Waals surface area contributed by atoms with Gasteiger partial charge in [0.2, 0.25) is 5.91 Å². The summed E-state index contributed by atoms with van der Waals surface area (Å²) in [4.78, 5) is 15.4. The van der Waals surface area contributed by atoms with Gasteiger partial charge in [0, 0.05) is 42.3 Å². The van der Waals surface area contributed by atoms with Crippen LogP contribution in [0.2, 0.25) is 5.02 Å². The fourth-order valence-electron chi connectivity index (χ4n) is 5.10. The number of ether oxygens (including phenoxy) is 1. The van der Waals surface area contributed by atoms with E-state index in [1.165, 1.54) is 0 Å². The molecule has 0 saturated carbocycles. The van der Waals surface area contributed by atoms with Gasteiger partial charge in [0.25, 0.3) is 10.0 Å². The van der Waals surface area contributed by atoms with E-state index < -0.39 is 16.1 Å². The molecule has 0 aromatic heterocycles. The number of nitrogens with one attached hydrogen (secondary N) is 1. The number of carbonyl (C=O) groups is 1. The summed E-state index contributed by atoms with van der Waals surface area (Å²) in [6.07, 6.45) is 3.07. The summed E-state index contributed by atoms with van der Waals surface area (Å²) in [5, 5.41) is 3.85. The Kier molecular flexibility index (Phi) is 5.93. The quantitative estimate of drug-likeness (QED) is 0.715. The molecule has 1 amide bonds. The molecule has 1 N–H and O–H groups in total. The molecule has 0 bridgehead atoms. The van der Waals surface area contributed by atoms with Crippen molar-refractivity contribution in [1.82, 2.24) is 10.2 Å². The normalized spacial score (nSPS) is 23.1. The van der Waals surface area contributed by atoms with Gasteiger partial charge >= 0.3 is 0 Å². The highest BCUT2D eigenvalue weighted by atomic mass is 35.5. The van der Waals surface area contributed by atoms with Gasteiger partial charge < -0.3 is 15.0 Å². The number of carbonyl (C=O) groups excluding carboxylic acids is 1. The molecule has 7 nitrogen and oxygen atoms in total. The highest BCUT2D eigenvalue weighted by Gasteiger charge is 2.40. The monoisotopic (exact) mass is 487 g/mol. The number of amidine groups is 1. The van der Waals surface area contributed by atoms with Crippen LogP contribution < -0.4 is 5.32 Å². The average molecular weight is 488 g/mol. The van der Waals surface area contributed by atoms with Crippen molar-refractivity contribution in [3.63, 3.8) is 0 Å². The van der Waals surface area contributed by atoms with Gasteiger partial charge in [-0.1, -0.05) is 35.9 Å². The lowest BCUT2D eigenvalue weighted by Gasteiger charge is -2.38. The summed E-state index contributed by atoms with van der Waals surface area (Å²) in [6.45, 7) is 2.36. The summed E-state index contributed by atoms with van der Waals surface area (Å²) in [5.41, 5.74) is 1.49. The van der Waals surface area contributed by atoms with Gasteiger partial charge in [-0.15, -0.1) is 4.40 Å². The molecule has 0 unspecified atom stereocenters. The number of nitrogens with zero attached hydrogens (tertiary/aromatic N) is 2. The first kappa shape index (κ1) is 22.4. The molecule has 2 fully saturated rings. The molecule has 3 aliphatic heterocycles. The third-order valence-electron chi connectivity index (χ3n) is 6.95. The lowest BCUT2D eigenvalue weighted by Crippen LogP contribution is -2.50. The van der Waals surface area contributed by atoms with Gasteiger partial charge in [-0.05, 0) is 55.5 Å². The Balaban J connectivity index is 1.36. The zero-order valence-corrected chi connectivity index (χ0v) is 19.7. The van der Waals surface area contributed by atoms with Crippen molar-refractivity contribution in [2.45, 2.75) is 42.0 Å². The van der Waals surface area contributed by atoms with Gasteiger partial charge in [-0.3, -0.25) is 4.79 Å². The molecule has 3 heterocycles. The maximum Gasteiger partial charge on any atom is 0.285 e. The second-order valence-corrected chi connectivity index (χ2v) is 10.9. The van der Waals surface area contributed by atoms with E-state index in [4.69, 9.17) is 16.3 Å². The molecule has 0 radical (unpaired) electrons. The predicted octanol–water partition coefficient (Wildman–Crippen LogP) is 3.12. The third-order valence-corrected chi connectivity index (χ3v) is 8.52. The molecular formula is C24H26ClN3O4S. The Morgan fingerprint density at radius 2 is 1.88 bits per heavy atom. The highest BCUT2D eigenvalue weighted by molar-refractivity contribution is 7.90. The Morgan fingerprint density at radius 3 is 2.64 bits per heavy atom. The smallest absolute Gasteiger partial charge is 0.285 e. The van der Waals surface area contributed by atoms with Crippen molar-refractivity contribution in [3.8, 4) is 0 Å². The van der Waals surface area contributed by atoms with Crippen LogP contribution in [0.25, 0.3) is 0 Å². The van der Waals surface area contributed by atoms with E-state index in [1.54, 1.807) is 24.3 Å². The topological polar surface area (TPSA) is 88.1 Å². The number of rotatable bonds is 4. The van der Waals surface area contributed by atoms with Crippen molar-refractivity contribution >= 4 is 33.4 Å². The number of fused-ring (bicyclic) bond motifs is 1. The first-order valence-corrected chi connectivity index (χ1v) is 13.0. The van der Waals surface area contributed by atoms with Gasteiger partial charge in [-0.25, -0.2) is 0 Å². The SMILES string of the molecule is O=C(NCC1(c2ccc(Cl)cc2)CCOCC1)[C@@H]1CCCN1C1=NS(=O)(=O)c2ccccc21. The molecule has 0 spiro atoms. The zero-order valence-electron chi connectivity index (χ0n) is 18.2. The largest absolute Gasteiger partial charge is 0.381 e. The summed E-state index contributed by atoms with van der Waals surface area (Å²) in [5.74, 6) is 0.276. The van der Waals surface area contributed by atoms with Crippen LogP contribution in [0.5, 0.6) is 0 Å². The predicted molar refractivity (Wildman–Crippen MR) is 126 cm³/mol. The van der Waals surface area contributed by atoms with Crippen molar-refractivity contribution < 1.29 is 17.9 Å². The van der Waals surface area contributed by atoms with E-state index in [2.05, 4.69) is 9.71 Å². The summed E-state index contributed by atoms with van der Waals surface area (Å²) >= 11 is 6.09. The van der Waals surface area contributed by atoms with E-state index in [-0.39, 0.29) is 16.2 Å². The van der Waals surface area contributed by atoms with Crippen molar-refractivity contribution in [2.75, 3.05) is 26.3 Å². The van der Waals surface area contributed by atoms with Crippen molar-refractivity contribution in [3.05, 3.63) is 64.7 Å². The minimum atomic E-state index is -3.73. The fraction of sp³-hybridized carbons (Fsp3) is 0.417. The molecule has 2 aromatic rings. The van der Waals surface area contributed by atoms with Crippen LogP contribution in [0.1, 0.15) is 36.8 Å². The number of likely N-dealkylation sites (tertiary alicyclic amines) is 1. The van der Waals surface area contributed by atoms with E-state index >= 15 is 0 Å². The molecule has 1 atom stereocenters. The van der Waals surface area contributed by atoms with Gasteiger partial charge in [-0.2, -0.15) is 8.42 Å². The van der Waals surface area contributed by atoms with Crippen LogP contribution in [0.4, 0.5) is 0 Å². The Hall–Kier alpha value is -2.42. The summed E-state index contributed by atoms with van der Waals surface area (Å²) in [6, 6.07) is 14.2. The molecule has 0 aliphatic carbocycles. The number of amides is 1. The molecule has 174 valence electrons. The van der Waals surface area contributed by atoms with Crippen LogP contribution in [-0.4, -0.2) is 57.4 Å². The maximum absolute atomic E-state index is 13.3. The average Bonchev–Trinajstić information content (AvgIpc) is 3.41. The zero-order chi connectivity index (χ0) is 23.1. The second-order valence-electron chi connectivity index (χ2n) is 8.85. The van der Waals surface area contributed by atoms with Gasteiger partial charge in [0.1, 0.15) is 10.9 Å². The van der Waals surface area contributed by atoms with Crippen molar-refractivity contribution in [2.24, 2.45) is 4.40 Å². The Morgan fingerprint density at radius 1 is 1.15 bits per heavy atom. The molecule has 33 heavy (non-hydrogen) atoms. The van der Waals surface area contributed by atoms with Crippen molar-refractivity contribution in [1.29, 1.82) is 0 Å². The molecule has 3 aliphatic rings. The fourth-order valence-corrected chi connectivity index (χ4v) is 6.44. The van der Waals surface area contributed by atoms with Crippen LogP contribution in [-0.2, 0) is 25.0 Å². The van der Waals surface area contributed by atoms with E-state index in [0.29, 0.717) is 49.1 Å². The molecule has 2 aromatic carbocycles. The van der Waals surface area contributed by atoms with Gasteiger partial charge in [0.15, 0.2) is 5.84 Å². The lowest BCUT2D eigenvalue weighted by atomic mass is 9.74. The van der Waals surface area contributed by atoms with E-state index in [0.717, 1.165) is 24.8 Å². The van der Waals surface area contributed by atoms with Crippen LogP contribution in [0, 0.1) is 0 Å². The maximum atomic E-state index is 13.3. The third kappa shape index (κ3) is 4.16. The number of halogens is 1. The standard InChI is InChI=1S/C24H26ClN3O4S/c25-18-9-7-17(8-10-18)24(11-14-32-15-12-24)16-26-23(29)20-5-3-13-28(20)22-19-4-1-2-6-21(19)33(30,31)27-22/h1-2,4,6-10,20H,3,5,11-16H2,(H,26,29)/t20-/m0/s1. The first-order valence-electron chi connectivity index (χ1n) is 11.2. The molecule has 2 saturated heterocycles. The molecule has 9 heteroatoms. The number of sulfonamides is 1. The van der Waals surface area contributed by atoms with Gasteiger partial charge in [0.05, 0.1) is 0 Å². The van der Waals surface area contributed by atoms with Crippen LogP contribution in [0.15, 0.2) is 57.8 Å². The lowest BCUT2D eigenvalue weighted by molar-refractivity contribution is -0.124. The Bertz CT molecular complexity index is 1190. The molecular weight excluding hydrogens is 462 g/mol. The van der Waals surface area contributed by atoms with E-state index in [1.807, 2.05) is 29.2 Å². The number of hydrogen-bond acceptors (Lipinski definition) is 5. The molecule has 5 rings (SSSR count). The Labute approximate surface area is 198 Å². The first-order chi connectivity index (χ1) is 15.9. The second kappa shape index (κ2) is 8.74. The minimum absolute atomic E-state index is 0.100. The number of hydrogen-bond donors (Lipinski definition) is 1. The summed E-state index contributed by atoms with van der Waals surface area (Å²) < 4.78 is 34.7. The van der Waals surface area contributed by atoms with Crippen LogP contribution in [0.3, 0.4) is 0 Å².